The summed E-state index contributed by atoms with van der Waals surface area (Å²) in [6.45, 7) is 4.79. The highest BCUT2D eigenvalue weighted by atomic mass is 79.9. The molecule has 0 heterocycles. The van der Waals surface area contributed by atoms with Crippen molar-refractivity contribution in [3.63, 3.8) is 0 Å². The molecule has 1 amide bonds. The van der Waals surface area contributed by atoms with Crippen LogP contribution in [0.2, 0.25) is 0 Å². The summed E-state index contributed by atoms with van der Waals surface area (Å²) in [5.74, 6) is 0.476. The van der Waals surface area contributed by atoms with E-state index < -0.39 is 0 Å². The van der Waals surface area contributed by atoms with E-state index in [0.717, 1.165) is 12.0 Å². The molecule has 0 saturated heterocycles. The first-order chi connectivity index (χ1) is 9.58. The molecule has 0 aromatic heterocycles. The number of hydrogen-bond acceptors (Lipinski definition) is 2. The average molecular weight is 352 g/mol. The van der Waals surface area contributed by atoms with Crippen molar-refractivity contribution in [1.82, 2.24) is 5.32 Å². The molecular formula is C15H21AlBrN2O. The first kappa shape index (κ1) is 17.4. The second-order valence-corrected chi connectivity index (χ2v) is 7.41. The molecule has 1 unspecified atom stereocenters. The predicted octanol–water partition coefficient (Wildman–Crippen LogP) is 2.27. The van der Waals surface area contributed by atoms with E-state index in [4.69, 9.17) is 0 Å². The molecule has 107 valence electrons. The summed E-state index contributed by atoms with van der Waals surface area (Å²) in [5.41, 5.74) is 1.11. The van der Waals surface area contributed by atoms with Crippen LogP contribution in [0.1, 0.15) is 31.7 Å². The zero-order chi connectivity index (χ0) is 15.0. The van der Waals surface area contributed by atoms with Gasteiger partial charge in [0, 0.05) is 13.3 Å². The van der Waals surface area contributed by atoms with Gasteiger partial charge in [0.2, 0.25) is 5.91 Å². The van der Waals surface area contributed by atoms with Crippen molar-refractivity contribution in [3.8, 4) is 0 Å². The lowest BCUT2D eigenvalue weighted by molar-refractivity contribution is -0.122. The van der Waals surface area contributed by atoms with Crippen LogP contribution in [0.3, 0.4) is 0 Å². The maximum Gasteiger partial charge on any atom is 0.361 e. The number of benzene rings is 1. The SMILES string of the molecule is CN=CCNC(=O)C(CC(C)C)c1ccc[c]([Al][Br])c1. The van der Waals surface area contributed by atoms with Crippen molar-refractivity contribution < 1.29 is 4.79 Å². The van der Waals surface area contributed by atoms with Gasteiger partial charge < -0.3 is 5.32 Å². The molecule has 0 aliphatic rings. The molecule has 5 heteroatoms. The fourth-order valence-corrected chi connectivity index (χ4v) is 3.36. The Morgan fingerprint density at radius 1 is 1.50 bits per heavy atom. The topological polar surface area (TPSA) is 41.5 Å². The molecule has 1 atom stereocenters. The van der Waals surface area contributed by atoms with Crippen LogP contribution in [0.5, 0.6) is 0 Å². The van der Waals surface area contributed by atoms with Gasteiger partial charge in [-0.05, 0) is 17.9 Å². The molecule has 1 N–H and O–H groups in total. The summed E-state index contributed by atoms with van der Waals surface area (Å²) in [4.78, 5) is 16.3. The third kappa shape index (κ3) is 5.78. The van der Waals surface area contributed by atoms with E-state index >= 15 is 0 Å². The lowest BCUT2D eigenvalue weighted by Gasteiger charge is -2.19. The highest BCUT2D eigenvalue weighted by Crippen LogP contribution is 2.23. The van der Waals surface area contributed by atoms with Gasteiger partial charge in [-0.15, -0.1) is 4.43 Å². The van der Waals surface area contributed by atoms with Gasteiger partial charge in [-0.25, -0.2) is 14.1 Å². The van der Waals surface area contributed by atoms with E-state index in [1.54, 1.807) is 13.3 Å². The smallest absolute Gasteiger partial charge is 0.351 e. The van der Waals surface area contributed by atoms with E-state index in [-0.39, 0.29) is 25.2 Å². The summed E-state index contributed by atoms with van der Waals surface area (Å²) < 4.78 is 1.28. The van der Waals surface area contributed by atoms with Crippen LogP contribution >= 0.6 is 14.1 Å². The molecule has 1 aromatic carbocycles. The molecule has 20 heavy (non-hydrogen) atoms. The van der Waals surface area contributed by atoms with Crippen LogP contribution in [0.25, 0.3) is 0 Å². The van der Waals surface area contributed by atoms with Crippen LogP contribution in [-0.2, 0) is 4.79 Å². The monoisotopic (exact) mass is 351 g/mol. The Kier molecular flexibility index (Phi) is 8.13. The molecule has 0 aliphatic carbocycles. The van der Waals surface area contributed by atoms with Crippen LogP contribution in [0, 0.1) is 5.92 Å². The Morgan fingerprint density at radius 3 is 2.85 bits per heavy atom. The molecule has 0 saturated carbocycles. The van der Waals surface area contributed by atoms with Crippen molar-refractivity contribution in [2.45, 2.75) is 26.2 Å². The van der Waals surface area contributed by atoms with E-state index in [9.17, 15) is 4.79 Å². The van der Waals surface area contributed by atoms with Gasteiger partial charge >= 0.3 is 13.4 Å². The van der Waals surface area contributed by atoms with Crippen molar-refractivity contribution in [3.05, 3.63) is 29.8 Å². The third-order valence-electron chi connectivity index (χ3n) is 3.01. The largest absolute Gasteiger partial charge is 0.361 e. The molecule has 0 aliphatic heterocycles. The minimum Gasteiger partial charge on any atom is -0.351 e. The Labute approximate surface area is 134 Å². The first-order valence-electron chi connectivity index (χ1n) is 6.80. The standard InChI is InChI=1S/C15H21N2O.Al.BrH/c1-12(2)11-14(13-7-5-4-6-8-13)15(18)17-10-9-16-3;;/h4-5,7-9,12,14H,10-11H2,1-3H3,(H,17,18);;1H/q;+1;/p-1. The summed E-state index contributed by atoms with van der Waals surface area (Å²) in [6.07, 6.45) is 2.57. The van der Waals surface area contributed by atoms with E-state index in [1.807, 2.05) is 12.1 Å². The summed E-state index contributed by atoms with van der Waals surface area (Å²) >= 11 is 3.64. The Bertz CT molecular complexity index is 463. The molecule has 0 bridgehead atoms. The zero-order valence-electron chi connectivity index (χ0n) is 12.3. The van der Waals surface area contributed by atoms with E-state index in [2.05, 4.69) is 50.3 Å². The maximum atomic E-state index is 12.4. The quantitative estimate of drug-likeness (QED) is 0.594. The average Bonchev–Trinajstić information content (AvgIpc) is 2.44. The van der Waals surface area contributed by atoms with Gasteiger partial charge in [-0.1, -0.05) is 38.1 Å². The number of hydrogen-bond donors (Lipinski definition) is 1. The first-order valence-corrected chi connectivity index (χ1v) is 10.6. The van der Waals surface area contributed by atoms with Gasteiger partial charge in [0.05, 0.1) is 12.5 Å². The van der Waals surface area contributed by atoms with Crippen molar-refractivity contribution >= 4 is 44.0 Å². The number of carbonyl (C=O) groups is 1. The lowest BCUT2D eigenvalue weighted by Crippen LogP contribution is -2.32. The third-order valence-corrected chi connectivity index (χ3v) is 5.21. The zero-order valence-corrected chi connectivity index (χ0v) is 15.0. The second-order valence-electron chi connectivity index (χ2n) is 5.15. The van der Waals surface area contributed by atoms with Crippen LogP contribution in [0.4, 0.5) is 0 Å². The summed E-state index contributed by atoms with van der Waals surface area (Å²) in [7, 11) is 1.71. The van der Waals surface area contributed by atoms with Crippen LogP contribution in [0.15, 0.2) is 29.3 Å². The maximum absolute atomic E-state index is 12.4. The second kappa shape index (κ2) is 9.33. The fourth-order valence-electron chi connectivity index (χ4n) is 2.07. The molecule has 0 fully saturated rings. The molecular weight excluding hydrogens is 331 g/mol. The number of rotatable bonds is 7. The van der Waals surface area contributed by atoms with Gasteiger partial charge in [-0.2, -0.15) is 0 Å². The molecule has 1 rings (SSSR count). The predicted molar refractivity (Wildman–Crippen MR) is 90.4 cm³/mol. The number of nitrogens with one attached hydrogen (secondary N) is 1. The molecule has 3 nitrogen and oxygen atoms in total. The fraction of sp³-hybridized carbons (Fsp3) is 0.467. The number of halogens is 1. The van der Waals surface area contributed by atoms with Crippen molar-refractivity contribution in [2.24, 2.45) is 10.9 Å². The van der Waals surface area contributed by atoms with E-state index in [1.165, 1.54) is 4.43 Å². The molecule has 1 radical (unpaired) electrons. The Hall–Kier alpha value is -0.628. The van der Waals surface area contributed by atoms with Gasteiger partial charge in [-0.3, -0.25) is 9.79 Å². The number of carbonyl (C=O) groups excluding carboxylic acids is 1. The number of amides is 1. The number of aliphatic imine (C=N–C) groups is 1. The lowest BCUT2D eigenvalue weighted by atomic mass is 9.89. The van der Waals surface area contributed by atoms with Crippen molar-refractivity contribution in [1.29, 1.82) is 0 Å². The highest BCUT2D eigenvalue weighted by molar-refractivity contribution is 9.23. The summed E-state index contributed by atoms with van der Waals surface area (Å²) in [6, 6.07) is 8.32. The van der Waals surface area contributed by atoms with Crippen LogP contribution < -0.4 is 9.74 Å². The highest BCUT2D eigenvalue weighted by Gasteiger charge is 2.21. The number of nitrogens with zero attached hydrogens (tertiary/aromatic N) is 1. The van der Waals surface area contributed by atoms with Gasteiger partial charge in [0.25, 0.3) is 0 Å². The minimum absolute atomic E-state index is 0.0836. The molecule has 0 spiro atoms. The van der Waals surface area contributed by atoms with Crippen LogP contribution in [-0.4, -0.2) is 39.1 Å². The minimum atomic E-state index is -0.0846. The Balaban J connectivity index is 2.89. The van der Waals surface area contributed by atoms with Gasteiger partial charge in [0.15, 0.2) is 0 Å². The summed E-state index contributed by atoms with van der Waals surface area (Å²) in [5, 5.41) is 2.93. The van der Waals surface area contributed by atoms with Crippen molar-refractivity contribution in [2.75, 3.05) is 13.6 Å². The van der Waals surface area contributed by atoms with E-state index in [0.29, 0.717) is 12.5 Å². The van der Waals surface area contributed by atoms with Gasteiger partial charge in [0.1, 0.15) is 0 Å². The normalized spacial score (nSPS) is 12.7. The Morgan fingerprint density at radius 2 is 2.25 bits per heavy atom. The molecule has 1 aromatic rings.